The standard InChI is InChI=1S/C19H25Cl2NO4/c1-19(2,3)26-18(25)22-5-4-15(17(23)24)16(11-22)14-7-12(9-20)6-13(8-14)10-21/h6-8,15-16H,4-5,9-11H2,1-3H3,(H,23,24). The Kier molecular flexibility index (Phi) is 6.80. The number of nitrogens with zero attached hydrogens (tertiary/aromatic N) is 1. The summed E-state index contributed by atoms with van der Waals surface area (Å²) in [6.45, 7) is 6.08. The highest BCUT2D eigenvalue weighted by Gasteiger charge is 2.38. The number of hydrogen-bond acceptors (Lipinski definition) is 3. The van der Waals surface area contributed by atoms with Gasteiger partial charge in [0.15, 0.2) is 0 Å². The topological polar surface area (TPSA) is 66.8 Å². The quantitative estimate of drug-likeness (QED) is 0.749. The predicted molar refractivity (Wildman–Crippen MR) is 102 cm³/mol. The molecular formula is C19H25Cl2NO4. The van der Waals surface area contributed by atoms with E-state index in [0.717, 1.165) is 16.7 Å². The molecule has 2 unspecified atom stereocenters. The van der Waals surface area contributed by atoms with Crippen LogP contribution in [0.5, 0.6) is 0 Å². The highest BCUT2D eigenvalue weighted by molar-refractivity contribution is 6.17. The number of piperidine rings is 1. The number of benzene rings is 1. The summed E-state index contributed by atoms with van der Waals surface area (Å²) in [5.74, 6) is -1.13. The maximum Gasteiger partial charge on any atom is 0.410 e. The Bertz CT molecular complexity index is 650. The summed E-state index contributed by atoms with van der Waals surface area (Å²) in [7, 11) is 0. The summed E-state index contributed by atoms with van der Waals surface area (Å²) in [5.41, 5.74) is 2.02. The van der Waals surface area contributed by atoms with Gasteiger partial charge in [0.1, 0.15) is 5.60 Å². The van der Waals surface area contributed by atoms with Crippen molar-refractivity contribution in [3.8, 4) is 0 Å². The highest BCUT2D eigenvalue weighted by Crippen LogP contribution is 2.35. The van der Waals surface area contributed by atoms with E-state index in [-0.39, 0.29) is 5.92 Å². The predicted octanol–water partition coefficient (Wildman–Crippen LogP) is 4.59. The number of aliphatic carboxylic acids is 1. The second-order valence-corrected chi connectivity index (χ2v) is 8.15. The molecule has 1 N–H and O–H groups in total. The van der Waals surface area contributed by atoms with Crippen LogP contribution in [0.2, 0.25) is 0 Å². The van der Waals surface area contributed by atoms with Crippen LogP contribution in [-0.2, 0) is 21.3 Å². The summed E-state index contributed by atoms with van der Waals surface area (Å²) in [6.07, 6.45) is -0.0435. The number of likely N-dealkylation sites (tertiary alicyclic amines) is 1. The minimum atomic E-state index is -0.859. The molecule has 7 heteroatoms. The monoisotopic (exact) mass is 401 g/mol. The molecule has 144 valence electrons. The van der Waals surface area contributed by atoms with E-state index in [1.807, 2.05) is 39.0 Å². The van der Waals surface area contributed by atoms with E-state index in [0.29, 0.717) is 31.3 Å². The van der Waals surface area contributed by atoms with Gasteiger partial charge >= 0.3 is 12.1 Å². The Morgan fingerprint density at radius 2 is 1.77 bits per heavy atom. The smallest absolute Gasteiger partial charge is 0.410 e. The third-order valence-corrected chi connectivity index (χ3v) is 5.01. The van der Waals surface area contributed by atoms with Crippen molar-refractivity contribution in [1.82, 2.24) is 4.90 Å². The average molecular weight is 402 g/mol. The Morgan fingerprint density at radius 1 is 1.19 bits per heavy atom. The van der Waals surface area contributed by atoms with E-state index >= 15 is 0 Å². The highest BCUT2D eigenvalue weighted by atomic mass is 35.5. The maximum absolute atomic E-state index is 12.4. The van der Waals surface area contributed by atoms with Crippen molar-refractivity contribution in [2.24, 2.45) is 5.92 Å². The lowest BCUT2D eigenvalue weighted by Crippen LogP contribution is -2.46. The van der Waals surface area contributed by atoms with Crippen molar-refractivity contribution in [1.29, 1.82) is 0 Å². The number of carbonyl (C=O) groups excluding carboxylic acids is 1. The molecule has 1 amide bonds. The lowest BCUT2D eigenvalue weighted by Gasteiger charge is -2.37. The van der Waals surface area contributed by atoms with Crippen LogP contribution in [0.15, 0.2) is 18.2 Å². The molecular weight excluding hydrogens is 377 g/mol. The Balaban J connectivity index is 2.32. The SMILES string of the molecule is CC(C)(C)OC(=O)N1CCC(C(=O)O)C(c2cc(CCl)cc(CCl)c2)C1. The van der Waals surface area contributed by atoms with Crippen molar-refractivity contribution in [2.75, 3.05) is 13.1 Å². The molecule has 1 saturated heterocycles. The first kappa shape index (κ1) is 20.8. The van der Waals surface area contributed by atoms with Crippen LogP contribution in [-0.4, -0.2) is 40.8 Å². The van der Waals surface area contributed by atoms with Gasteiger partial charge in [-0.2, -0.15) is 0 Å². The summed E-state index contributed by atoms with van der Waals surface area (Å²) in [5, 5.41) is 9.65. The first-order valence-electron chi connectivity index (χ1n) is 8.60. The van der Waals surface area contributed by atoms with Crippen LogP contribution in [0.25, 0.3) is 0 Å². The van der Waals surface area contributed by atoms with Gasteiger partial charge in [0, 0.05) is 30.8 Å². The van der Waals surface area contributed by atoms with Crippen molar-refractivity contribution >= 4 is 35.3 Å². The third kappa shape index (κ3) is 5.27. The lowest BCUT2D eigenvalue weighted by molar-refractivity contribution is -0.144. The largest absolute Gasteiger partial charge is 0.481 e. The Labute approximate surface area is 164 Å². The molecule has 0 aromatic heterocycles. The second kappa shape index (κ2) is 8.49. The van der Waals surface area contributed by atoms with Crippen LogP contribution in [0.1, 0.15) is 49.8 Å². The van der Waals surface area contributed by atoms with Crippen LogP contribution in [0.4, 0.5) is 4.79 Å². The summed E-state index contributed by atoms with van der Waals surface area (Å²) in [6, 6.07) is 5.72. The average Bonchev–Trinajstić information content (AvgIpc) is 2.59. The molecule has 1 aliphatic rings. The fourth-order valence-corrected chi connectivity index (χ4v) is 3.55. The molecule has 2 atom stereocenters. The van der Waals surface area contributed by atoms with E-state index in [2.05, 4.69) is 0 Å². The number of carboxylic acid groups (broad SMARTS) is 1. The zero-order chi connectivity index (χ0) is 19.5. The van der Waals surface area contributed by atoms with E-state index in [9.17, 15) is 14.7 Å². The molecule has 5 nitrogen and oxygen atoms in total. The van der Waals surface area contributed by atoms with Crippen molar-refractivity contribution in [3.63, 3.8) is 0 Å². The van der Waals surface area contributed by atoms with E-state index in [4.69, 9.17) is 27.9 Å². The minimum absolute atomic E-state index is 0.291. The van der Waals surface area contributed by atoms with Gasteiger partial charge < -0.3 is 14.7 Å². The van der Waals surface area contributed by atoms with Crippen molar-refractivity contribution in [3.05, 3.63) is 34.9 Å². The number of carboxylic acids is 1. The molecule has 1 aromatic rings. The van der Waals surface area contributed by atoms with Crippen molar-refractivity contribution in [2.45, 2.75) is 50.5 Å². The first-order chi connectivity index (χ1) is 12.1. The van der Waals surface area contributed by atoms with Crippen LogP contribution >= 0.6 is 23.2 Å². The second-order valence-electron chi connectivity index (χ2n) is 7.62. The number of halogens is 2. The first-order valence-corrected chi connectivity index (χ1v) is 9.67. The van der Waals surface area contributed by atoms with E-state index < -0.39 is 23.6 Å². The molecule has 26 heavy (non-hydrogen) atoms. The molecule has 2 rings (SSSR count). The van der Waals surface area contributed by atoms with Gasteiger partial charge in [-0.15, -0.1) is 23.2 Å². The summed E-state index contributed by atoms with van der Waals surface area (Å²) < 4.78 is 5.44. The zero-order valence-electron chi connectivity index (χ0n) is 15.3. The van der Waals surface area contributed by atoms with Gasteiger partial charge in [0.25, 0.3) is 0 Å². The van der Waals surface area contributed by atoms with Gasteiger partial charge in [-0.25, -0.2) is 4.79 Å². The Hall–Kier alpha value is -1.46. The number of hydrogen-bond donors (Lipinski definition) is 1. The molecule has 1 aromatic carbocycles. The van der Waals surface area contributed by atoms with Gasteiger partial charge in [-0.05, 0) is 43.9 Å². The van der Waals surface area contributed by atoms with Gasteiger partial charge in [0.2, 0.25) is 0 Å². The number of alkyl halides is 2. The number of rotatable bonds is 4. The molecule has 1 aliphatic heterocycles. The maximum atomic E-state index is 12.4. The van der Waals surface area contributed by atoms with Gasteiger partial charge in [0.05, 0.1) is 5.92 Å². The van der Waals surface area contributed by atoms with Crippen LogP contribution in [0, 0.1) is 5.92 Å². The molecule has 1 heterocycles. The fourth-order valence-electron chi connectivity index (χ4n) is 3.24. The number of carbonyl (C=O) groups is 2. The summed E-state index contributed by atoms with van der Waals surface area (Å²) in [4.78, 5) is 25.8. The van der Waals surface area contributed by atoms with Gasteiger partial charge in [-0.3, -0.25) is 4.79 Å². The lowest BCUT2D eigenvalue weighted by atomic mass is 9.80. The molecule has 0 radical (unpaired) electrons. The third-order valence-electron chi connectivity index (χ3n) is 4.39. The number of amides is 1. The molecule has 0 aliphatic carbocycles. The minimum Gasteiger partial charge on any atom is -0.481 e. The van der Waals surface area contributed by atoms with Crippen LogP contribution < -0.4 is 0 Å². The summed E-state index contributed by atoms with van der Waals surface area (Å²) >= 11 is 11.9. The van der Waals surface area contributed by atoms with E-state index in [1.165, 1.54) is 0 Å². The molecule has 0 bridgehead atoms. The fraction of sp³-hybridized carbons (Fsp3) is 0.579. The Morgan fingerprint density at radius 3 is 2.23 bits per heavy atom. The normalized spacial score (nSPS) is 20.7. The molecule has 0 spiro atoms. The van der Waals surface area contributed by atoms with Gasteiger partial charge in [-0.1, -0.05) is 18.2 Å². The van der Waals surface area contributed by atoms with E-state index in [1.54, 1.807) is 4.90 Å². The van der Waals surface area contributed by atoms with Crippen LogP contribution in [0.3, 0.4) is 0 Å². The number of ether oxygens (including phenoxy) is 1. The van der Waals surface area contributed by atoms with Crippen molar-refractivity contribution < 1.29 is 19.4 Å². The molecule has 1 fully saturated rings. The molecule has 0 saturated carbocycles. The zero-order valence-corrected chi connectivity index (χ0v) is 16.8.